The van der Waals surface area contributed by atoms with Crippen molar-refractivity contribution in [2.45, 2.75) is 38.8 Å². The third-order valence-electron chi connectivity index (χ3n) is 4.80. The lowest BCUT2D eigenvalue weighted by Crippen LogP contribution is -2.33. The summed E-state index contributed by atoms with van der Waals surface area (Å²) in [5, 5.41) is 2.91. The average Bonchev–Trinajstić information content (AvgIpc) is 3.51. The van der Waals surface area contributed by atoms with Gasteiger partial charge in [0.2, 0.25) is 6.10 Å². The molecule has 1 atom stereocenters. The minimum absolute atomic E-state index is 0.180. The maximum absolute atomic E-state index is 12.8. The monoisotopic (exact) mass is 375 g/mol. The molecule has 142 valence electrons. The summed E-state index contributed by atoms with van der Waals surface area (Å²) in [6, 6.07) is 14.3. The summed E-state index contributed by atoms with van der Waals surface area (Å²) >= 11 is 0. The molecule has 1 aliphatic carbocycles. The van der Waals surface area contributed by atoms with Gasteiger partial charge in [-0.05, 0) is 44.9 Å². The normalized spacial score (nSPS) is 14.5. The lowest BCUT2D eigenvalue weighted by Gasteiger charge is -2.18. The molecule has 1 aromatic heterocycles. The highest BCUT2D eigenvalue weighted by Crippen LogP contribution is 2.24. The number of aromatic nitrogens is 2. The van der Waals surface area contributed by atoms with E-state index in [0.717, 1.165) is 24.2 Å². The Bertz CT molecular complexity index is 1050. The highest BCUT2D eigenvalue weighted by atomic mass is 16.5. The van der Waals surface area contributed by atoms with Gasteiger partial charge in [-0.1, -0.05) is 30.3 Å². The molecule has 1 amide bonds. The Labute approximate surface area is 163 Å². The van der Waals surface area contributed by atoms with Gasteiger partial charge < -0.3 is 10.1 Å². The molecule has 6 nitrogen and oxygen atoms in total. The number of ether oxygens (including phenoxy) is 1. The number of fused-ring (bicyclic) bond motifs is 1. The molecule has 28 heavy (non-hydrogen) atoms. The maximum Gasteiger partial charge on any atom is 0.339 e. The SMILES string of the molecule is Cc1nc2ccc(C(=O)OC(C(=O)NC3CC3)c3ccccc3)cc2nc1C. The maximum atomic E-state index is 12.8. The lowest BCUT2D eigenvalue weighted by atomic mass is 10.1. The van der Waals surface area contributed by atoms with E-state index in [2.05, 4.69) is 15.3 Å². The summed E-state index contributed by atoms with van der Waals surface area (Å²) < 4.78 is 5.62. The van der Waals surface area contributed by atoms with E-state index in [4.69, 9.17) is 4.74 Å². The highest BCUT2D eigenvalue weighted by molar-refractivity contribution is 5.95. The molecule has 1 aliphatic rings. The van der Waals surface area contributed by atoms with Crippen LogP contribution in [0.2, 0.25) is 0 Å². The smallest absolute Gasteiger partial charge is 0.339 e. The van der Waals surface area contributed by atoms with Gasteiger partial charge in [0, 0.05) is 11.6 Å². The molecule has 3 aromatic rings. The Balaban J connectivity index is 1.60. The van der Waals surface area contributed by atoms with Crippen LogP contribution in [0.15, 0.2) is 48.5 Å². The molecule has 4 rings (SSSR count). The van der Waals surface area contributed by atoms with E-state index in [0.29, 0.717) is 22.2 Å². The Morgan fingerprint density at radius 2 is 1.68 bits per heavy atom. The summed E-state index contributed by atoms with van der Waals surface area (Å²) in [4.78, 5) is 34.4. The van der Waals surface area contributed by atoms with Gasteiger partial charge in [0.25, 0.3) is 5.91 Å². The average molecular weight is 375 g/mol. The Kier molecular flexibility index (Phi) is 4.77. The summed E-state index contributed by atoms with van der Waals surface area (Å²) in [7, 11) is 0. The zero-order valence-corrected chi connectivity index (χ0v) is 15.8. The number of rotatable bonds is 5. The molecule has 2 aromatic carbocycles. The van der Waals surface area contributed by atoms with Crippen molar-refractivity contribution in [2.24, 2.45) is 0 Å². The van der Waals surface area contributed by atoms with E-state index < -0.39 is 12.1 Å². The van der Waals surface area contributed by atoms with Crippen LogP contribution in [0, 0.1) is 13.8 Å². The first-order chi connectivity index (χ1) is 13.5. The van der Waals surface area contributed by atoms with Crippen molar-refractivity contribution in [1.29, 1.82) is 0 Å². The molecule has 0 spiro atoms. The van der Waals surface area contributed by atoms with Gasteiger partial charge in [0.15, 0.2) is 0 Å². The zero-order valence-electron chi connectivity index (χ0n) is 15.8. The van der Waals surface area contributed by atoms with Crippen LogP contribution in [0.25, 0.3) is 11.0 Å². The van der Waals surface area contributed by atoms with Gasteiger partial charge in [-0.15, -0.1) is 0 Å². The number of nitrogens with zero attached hydrogens (tertiary/aromatic N) is 2. The first-order valence-corrected chi connectivity index (χ1v) is 9.32. The topological polar surface area (TPSA) is 81.2 Å². The zero-order chi connectivity index (χ0) is 19.7. The van der Waals surface area contributed by atoms with Gasteiger partial charge in [0.05, 0.1) is 28.0 Å². The third-order valence-corrected chi connectivity index (χ3v) is 4.80. The van der Waals surface area contributed by atoms with Crippen LogP contribution >= 0.6 is 0 Å². The van der Waals surface area contributed by atoms with Crippen LogP contribution in [0.4, 0.5) is 0 Å². The van der Waals surface area contributed by atoms with Gasteiger partial charge in [0.1, 0.15) is 0 Å². The van der Waals surface area contributed by atoms with E-state index in [1.165, 1.54) is 0 Å². The second kappa shape index (κ2) is 7.38. The largest absolute Gasteiger partial charge is 0.444 e. The van der Waals surface area contributed by atoms with Gasteiger partial charge in [-0.3, -0.25) is 4.79 Å². The summed E-state index contributed by atoms with van der Waals surface area (Å²) in [6.07, 6.45) is 0.933. The Morgan fingerprint density at radius 3 is 2.36 bits per heavy atom. The fourth-order valence-corrected chi connectivity index (χ4v) is 2.94. The fraction of sp³-hybridized carbons (Fsp3) is 0.273. The van der Waals surface area contributed by atoms with Crippen LogP contribution in [-0.2, 0) is 9.53 Å². The van der Waals surface area contributed by atoms with E-state index in [9.17, 15) is 9.59 Å². The third kappa shape index (κ3) is 3.86. The number of esters is 1. The van der Waals surface area contributed by atoms with Crippen molar-refractivity contribution < 1.29 is 14.3 Å². The van der Waals surface area contributed by atoms with Crippen LogP contribution in [-0.4, -0.2) is 27.9 Å². The fourth-order valence-electron chi connectivity index (χ4n) is 2.94. The van der Waals surface area contributed by atoms with E-state index in [-0.39, 0.29) is 11.9 Å². The van der Waals surface area contributed by atoms with Crippen LogP contribution < -0.4 is 5.32 Å². The molecule has 1 saturated carbocycles. The van der Waals surface area contributed by atoms with Gasteiger partial charge >= 0.3 is 5.97 Å². The molecule has 1 unspecified atom stereocenters. The molecule has 0 bridgehead atoms. The second-order valence-corrected chi connectivity index (χ2v) is 7.08. The number of nitrogens with one attached hydrogen (secondary N) is 1. The number of hydrogen-bond acceptors (Lipinski definition) is 5. The first-order valence-electron chi connectivity index (χ1n) is 9.32. The van der Waals surface area contributed by atoms with Crippen LogP contribution in [0.5, 0.6) is 0 Å². The number of hydrogen-bond donors (Lipinski definition) is 1. The van der Waals surface area contributed by atoms with E-state index in [1.807, 2.05) is 32.0 Å². The van der Waals surface area contributed by atoms with Gasteiger partial charge in [-0.2, -0.15) is 0 Å². The molecular formula is C22H21N3O3. The van der Waals surface area contributed by atoms with Crippen LogP contribution in [0.1, 0.15) is 46.3 Å². The number of benzene rings is 2. The van der Waals surface area contributed by atoms with Crippen LogP contribution in [0.3, 0.4) is 0 Å². The molecule has 0 saturated heterocycles. The predicted octanol–water partition coefficient (Wildman–Crippen LogP) is 3.42. The lowest BCUT2D eigenvalue weighted by molar-refractivity contribution is -0.130. The molecule has 1 heterocycles. The number of carbonyl (C=O) groups is 2. The Morgan fingerprint density at radius 1 is 1.00 bits per heavy atom. The van der Waals surface area contributed by atoms with Crippen molar-refractivity contribution in [3.63, 3.8) is 0 Å². The minimum atomic E-state index is -0.990. The molecule has 1 N–H and O–H groups in total. The van der Waals surface area contributed by atoms with Gasteiger partial charge in [-0.25, -0.2) is 14.8 Å². The van der Waals surface area contributed by atoms with Crippen molar-refractivity contribution in [2.75, 3.05) is 0 Å². The second-order valence-electron chi connectivity index (χ2n) is 7.08. The van der Waals surface area contributed by atoms with Crippen molar-refractivity contribution in [1.82, 2.24) is 15.3 Å². The molecule has 6 heteroatoms. The molecular weight excluding hydrogens is 354 g/mol. The quantitative estimate of drug-likeness (QED) is 0.691. The summed E-state index contributed by atoms with van der Waals surface area (Å²) in [5.41, 5.74) is 3.97. The Hall–Kier alpha value is -3.28. The molecule has 1 fully saturated rings. The van der Waals surface area contributed by atoms with Crippen molar-refractivity contribution in [3.8, 4) is 0 Å². The predicted molar refractivity (Wildman–Crippen MR) is 105 cm³/mol. The summed E-state index contributed by atoms with van der Waals surface area (Å²) in [5.74, 6) is -0.865. The first kappa shape index (κ1) is 18.1. The number of aryl methyl sites for hydroxylation is 2. The van der Waals surface area contributed by atoms with E-state index in [1.54, 1.807) is 30.3 Å². The molecule has 0 radical (unpaired) electrons. The standard InChI is InChI=1S/C22H21N3O3/c1-13-14(2)24-19-12-16(8-11-18(19)23-13)22(27)28-20(15-6-4-3-5-7-15)21(26)25-17-9-10-17/h3-8,11-12,17,20H,9-10H2,1-2H3,(H,25,26). The van der Waals surface area contributed by atoms with E-state index >= 15 is 0 Å². The summed E-state index contributed by atoms with van der Waals surface area (Å²) in [6.45, 7) is 3.77. The highest BCUT2D eigenvalue weighted by Gasteiger charge is 2.31. The number of carbonyl (C=O) groups excluding carboxylic acids is 2. The van der Waals surface area contributed by atoms with Crippen molar-refractivity contribution >= 4 is 22.9 Å². The number of amides is 1. The minimum Gasteiger partial charge on any atom is -0.444 e. The molecule has 0 aliphatic heterocycles. The van der Waals surface area contributed by atoms with Crippen molar-refractivity contribution in [3.05, 3.63) is 71.0 Å².